The van der Waals surface area contributed by atoms with Crippen LogP contribution in [0.2, 0.25) is 0 Å². The van der Waals surface area contributed by atoms with Crippen LogP contribution >= 0.6 is 0 Å². The van der Waals surface area contributed by atoms with Gasteiger partial charge in [-0.05, 0) is 30.2 Å². The number of nitro groups is 1. The van der Waals surface area contributed by atoms with Gasteiger partial charge in [0.05, 0.1) is 18.1 Å². The number of aliphatic hydroxyl groups excluding tert-OH is 1. The third kappa shape index (κ3) is 8.22. The highest BCUT2D eigenvalue weighted by molar-refractivity contribution is 5.89. The first kappa shape index (κ1) is 25.3. The second kappa shape index (κ2) is 12.8. The van der Waals surface area contributed by atoms with Crippen molar-refractivity contribution in [1.29, 1.82) is 0 Å². The van der Waals surface area contributed by atoms with E-state index in [-0.39, 0.29) is 25.3 Å². The van der Waals surface area contributed by atoms with E-state index in [2.05, 4.69) is 10.6 Å². The average molecular weight is 459 g/mol. The molecule has 0 saturated heterocycles. The number of carbonyl (C=O) groups excluding carboxylic acids is 3. The predicted octanol–water partition coefficient (Wildman–Crippen LogP) is 1.47. The van der Waals surface area contributed by atoms with Gasteiger partial charge in [0.2, 0.25) is 5.91 Å². The molecular weight excluding hydrogens is 434 g/mol. The number of hydrogen-bond acceptors (Lipinski definition) is 8. The highest BCUT2D eigenvalue weighted by Gasteiger charge is 2.27. The Bertz CT molecular complexity index is 950. The molecule has 0 aliphatic carbocycles. The van der Waals surface area contributed by atoms with Crippen LogP contribution in [0.3, 0.4) is 0 Å². The van der Waals surface area contributed by atoms with Crippen molar-refractivity contribution in [1.82, 2.24) is 10.6 Å². The summed E-state index contributed by atoms with van der Waals surface area (Å²) in [4.78, 5) is 47.0. The lowest BCUT2D eigenvalue weighted by atomic mass is 10.1. The zero-order valence-corrected chi connectivity index (χ0v) is 17.9. The summed E-state index contributed by atoms with van der Waals surface area (Å²) >= 11 is 0. The number of hydrogen-bond donors (Lipinski definition) is 3. The SMILES string of the molecule is CCOC(=O)[C@H](Cc1ccccc1)NC(=O)[C@H](CO)NC(=O)OCc1ccc([N+](=O)[O-])cc1. The number of esters is 1. The third-order valence-corrected chi connectivity index (χ3v) is 4.48. The molecule has 0 aliphatic rings. The molecule has 0 radical (unpaired) electrons. The van der Waals surface area contributed by atoms with E-state index < -0.39 is 41.6 Å². The van der Waals surface area contributed by atoms with Crippen LogP contribution in [0.25, 0.3) is 0 Å². The number of nitro benzene ring substituents is 1. The number of aliphatic hydroxyl groups is 1. The fourth-order valence-corrected chi connectivity index (χ4v) is 2.80. The summed E-state index contributed by atoms with van der Waals surface area (Å²) in [7, 11) is 0. The first-order valence-electron chi connectivity index (χ1n) is 10.1. The van der Waals surface area contributed by atoms with Crippen LogP contribution in [0.15, 0.2) is 54.6 Å². The summed E-state index contributed by atoms with van der Waals surface area (Å²) in [6.07, 6.45) is -0.827. The Morgan fingerprint density at radius 2 is 1.64 bits per heavy atom. The Morgan fingerprint density at radius 3 is 2.21 bits per heavy atom. The lowest BCUT2D eigenvalue weighted by molar-refractivity contribution is -0.384. The molecule has 0 heterocycles. The van der Waals surface area contributed by atoms with Gasteiger partial charge in [0.25, 0.3) is 5.69 Å². The topological polar surface area (TPSA) is 157 Å². The number of carbonyl (C=O) groups is 3. The molecule has 0 bridgehead atoms. The molecule has 0 aliphatic heterocycles. The normalized spacial score (nSPS) is 12.2. The Hall–Kier alpha value is -3.99. The molecule has 2 aromatic rings. The largest absolute Gasteiger partial charge is 0.464 e. The van der Waals surface area contributed by atoms with Gasteiger partial charge in [-0.25, -0.2) is 9.59 Å². The van der Waals surface area contributed by atoms with E-state index in [9.17, 15) is 29.6 Å². The summed E-state index contributed by atoms with van der Waals surface area (Å²) in [5.74, 6) is -1.44. The zero-order valence-electron chi connectivity index (χ0n) is 17.9. The average Bonchev–Trinajstić information content (AvgIpc) is 2.81. The van der Waals surface area contributed by atoms with E-state index in [1.807, 2.05) is 6.07 Å². The number of amides is 2. The Balaban J connectivity index is 1.94. The van der Waals surface area contributed by atoms with Crippen molar-refractivity contribution >= 4 is 23.7 Å². The molecule has 11 heteroatoms. The molecule has 2 aromatic carbocycles. The number of alkyl carbamates (subject to hydrolysis) is 1. The molecule has 0 aromatic heterocycles. The smallest absolute Gasteiger partial charge is 0.408 e. The number of ether oxygens (including phenoxy) is 2. The van der Waals surface area contributed by atoms with Crippen LogP contribution in [0.1, 0.15) is 18.1 Å². The fourth-order valence-electron chi connectivity index (χ4n) is 2.80. The van der Waals surface area contributed by atoms with Crippen molar-refractivity contribution in [2.45, 2.75) is 32.0 Å². The predicted molar refractivity (Wildman–Crippen MR) is 116 cm³/mol. The van der Waals surface area contributed by atoms with Gasteiger partial charge in [-0.1, -0.05) is 30.3 Å². The quantitative estimate of drug-likeness (QED) is 0.259. The minimum absolute atomic E-state index is 0.105. The molecule has 0 unspecified atom stereocenters. The van der Waals surface area contributed by atoms with Gasteiger partial charge in [0.15, 0.2) is 0 Å². The van der Waals surface area contributed by atoms with Crippen LogP contribution in [-0.4, -0.2) is 53.3 Å². The van der Waals surface area contributed by atoms with E-state index in [1.54, 1.807) is 31.2 Å². The van der Waals surface area contributed by atoms with E-state index in [1.165, 1.54) is 24.3 Å². The van der Waals surface area contributed by atoms with Crippen molar-refractivity contribution in [3.8, 4) is 0 Å². The molecular formula is C22H25N3O8. The van der Waals surface area contributed by atoms with Gasteiger partial charge in [0.1, 0.15) is 18.7 Å². The van der Waals surface area contributed by atoms with E-state index in [0.29, 0.717) is 5.56 Å². The number of rotatable bonds is 11. The summed E-state index contributed by atoms with van der Waals surface area (Å²) < 4.78 is 10.0. The second-order valence-electron chi connectivity index (χ2n) is 6.88. The van der Waals surface area contributed by atoms with Gasteiger partial charge in [-0.15, -0.1) is 0 Å². The maximum Gasteiger partial charge on any atom is 0.408 e. The van der Waals surface area contributed by atoms with Crippen molar-refractivity contribution < 1.29 is 33.9 Å². The standard InChI is InChI=1S/C22H25N3O8/c1-2-32-21(28)18(12-15-6-4-3-5-7-15)23-20(27)19(13-26)24-22(29)33-14-16-8-10-17(11-9-16)25(30)31/h3-11,18-19,26H,2,12-14H2,1H3,(H,23,27)(H,24,29)/t18-,19-/m0/s1. The van der Waals surface area contributed by atoms with Gasteiger partial charge in [-0.3, -0.25) is 14.9 Å². The minimum atomic E-state index is -1.37. The second-order valence-corrected chi connectivity index (χ2v) is 6.88. The van der Waals surface area contributed by atoms with Crippen molar-refractivity contribution in [3.63, 3.8) is 0 Å². The Morgan fingerprint density at radius 1 is 0.970 bits per heavy atom. The Labute approximate surface area is 189 Å². The monoisotopic (exact) mass is 459 g/mol. The summed E-state index contributed by atoms with van der Waals surface area (Å²) in [6.45, 7) is 0.817. The van der Waals surface area contributed by atoms with Gasteiger partial charge in [0, 0.05) is 18.6 Å². The third-order valence-electron chi connectivity index (χ3n) is 4.48. The number of nitrogens with one attached hydrogen (secondary N) is 2. The van der Waals surface area contributed by atoms with E-state index >= 15 is 0 Å². The van der Waals surface area contributed by atoms with Crippen LogP contribution in [0.4, 0.5) is 10.5 Å². The highest BCUT2D eigenvalue weighted by Crippen LogP contribution is 2.12. The van der Waals surface area contributed by atoms with Gasteiger partial charge in [-0.2, -0.15) is 0 Å². The molecule has 2 amide bonds. The first-order chi connectivity index (χ1) is 15.8. The molecule has 2 rings (SSSR count). The van der Waals surface area contributed by atoms with Gasteiger partial charge >= 0.3 is 12.1 Å². The maximum absolute atomic E-state index is 12.6. The summed E-state index contributed by atoms with van der Waals surface area (Å²) in [5.41, 5.74) is 1.17. The van der Waals surface area contributed by atoms with Crippen LogP contribution in [0.5, 0.6) is 0 Å². The molecule has 3 N–H and O–H groups in total. The lowest BCUT2D eigenvalue weighted by Gasteiger charge is -2.21. The number of benzene rings is 2. The van der Waals surface area contributed by atoms with Gasteiger partial charge < -0.3 is 25.2 Å². The molecule has 11 nitrogen and oxygen atoms in total. The molecule has 176 valence electrons. The fraction of sp³-hybridized carbons (Fsp3) is 0.318. The van der Waals surface area contributed by atoms with Crippen LogP contribution in [0, 0.1) is 10.1 Å². The van der Waals surface area contributed by atoms with Crippen molar-refractivity contribution in [2.75, 3.05) is 13.2 Å². The summed E-state index contributed by atoms with van der Waals surface area (Å²) in [5, 5.41) is 24.9. The van der Waals surface area contributed by atoms with Crippen LogP contribution in [-0.2, 0) is 32.1 Å². The molecule has 2 atom stereocenters. The minimum Gasteiger partial charge on any atom is -0.464 e. The number of nitrogens with zero attached hydrogens (tertiary/aromatic N) is 1. The lowest BCUT2D eigenvalue weighted by Crippen LogP contribution is -2.54. The molecule has 0 saturated carbocycles. The highest BCUT2D eigenvalue weighted by atomic mass is 16.6. The van der Waals surface area contributed by atoms with Crippen molar-refractivity contribution in [3.05, 3.63) is 75.8 Å². The first-order valence-corrected chi connectivity index (χ1v) is 10.1. The Kier molecular flexibility index (Phi) is 9.78. The zero-order chi connectivity index (χ0) is 24.2. The molecule has 0 spiro atoms. The molecule has 0 fully saturated rings. The van der Waals surface area contributed by atoms with E-state index in [4.69, 9.17) is 9.47 Å². The maximum atomic E-state index is 12.6. The van der Waals surface area contributed by atoms with Crippen LogP contribution < -0.4 is 10.6 Å². The van der Waals surface area contributed by atoms with E-state index in [0.717, 1.165) is 5.56 Å². The summed E-state index contributed by atoms with van der Waals surface area (Å²) in [6, 6.07) is 12.0. The number of non-ortho nitro benzene ring substituents is 1. The van der Waals surface area contributed by atoms with Crippen molar-refractivity contribution in [2.24, 2.45) is 0 Å². The molecule has 33 heavy (non-hydrogen) atoms.